The van der Waals surface area contributed by atoms with Crippen molar-refractivity contribution in [2.45, 2.75) is 31.2 Å². The molecule has 1 saturated carbocycles. The third-order valence-corrected chi connectivity index (χ3v) is 3.27. The van der Waals surface area contributed by atoms with Gasteiger partial charge in [0.05, 0.1) is 6.10 Å². The molecular formula is C11H10BrF3O. The van der Waals surface area contributed by atoms with Gasteiger partial charge in [0, 0.05) is 4.47 Å². The standard InChI is InChI=1S/C11H10BrF3O/c12-9-3-1-7(2-4-9)8-5-10(6-8)16-11(13,14)15/h1-4,8,10H,5-6H2. The predicted octanol–water partition coefficient (Wildman–Crippen LogP) is 4.23. The van der Waals surface area contributed by atoms with E-state index in [0.29, 0.717) is 12.8 Å². The van der Waals surface area contributed by atoms with Crippen LogP contribution >= 0.6 is 15.9 Å². The summed E-state index contributed by atoms with van der Waals surface area (Å²) in [4.78, 5) is 0. The predicted molar refractivity (Wildman–Crippen MR) is 57.0 cm³/mol. The van der Waals surface area contributed by atoms with Crippen LogP contribution in [-0.4, -0.2) is 12.5 Å². The summed E-state index contributed by atoms with van der Waals surface area (Å²) >= 11 is 3.31. The van der Waals surface area contributed by atoms with Crippen LogP contribution in [0.25, 0.3) is 0 Å². The Labute approximate surface area is 99.7 Å². The topological polar surface area (TPSA) is 9.23 Å². The monoisotopic (exact) mass is 294 g/mol. The van der Waals surface area contributed by atoms with Crippen molar-refractivity contribution in [2.24, 2.45) is 0 Å². The van der Waals surface area contributed by atoms with Crippen molar-refractivity contribution in [3.8, 4) is 0 Å². The highest BCUT2D eigenvalue weighted by molar-refractivity contribution is 9.10. The van der Waals surface area contributed by atoms with E-state index in [0.717, 1.165) is 10.0 Å². The highest BCUT2D eigenvalue weighted by Gasteiger charge is 2.40. The van der Waals surface area contributed by atoms with Crippen LogP contribution in [0.3, 0.4) is 0 Å². The van der Waals surface area contributed by atoms with E-state index in [1.165, 1.54) is 0 Å². The smallest absolute Gasteiger partial charge is 0.289 e. The summed E-state index contributed by atoms with van der Waals surface area (Å²) in [6.07, 6.45) is -4.29. The zero-order valence-electron chi connectivity index (χ0n) is 8.30. The van der Waals surface area contributed by atoms with Gasteiger partial charge in [-0.2, -0.15) is 0 Å². The molecule has 1 aromatic carbocycles. The Kier molecular flexibility index (Phi) is 3.26. The van der Waals surface area contributed by atoms with Crippen molar-refractivity contribution in [2.75, 3.05) is 0 Å². The Bertz CT molecular complexity index is 354. The molecule has 0 bridgehead atoms. The van der Waals surface area contributed by atoms with E-state index in [-0.39, 0.29) is 5.92 Å². The Hall–Kier alpha value is -0.550. The zero-order chi connectivity index (χ0) is 11.8. The van der Waals surface area contributed by atoms with Crippen LogP contribution in [0.5, 0.6) is 0 Å². The second-order valence-corrected chi connectivity index (χ2v) is 4.82. The molecule has 0 amide bonds. The molecule has 1 aromatic rings. The van der Waals surface area contributed by atoms with Crippen LogP contribution < -0.4 is 0 Å². The summed E-state index contributed by atoms with van der Waals surface area (Å²) < 4.78 is 40.6. The molecule has 1 aliphatic rings. The lowest BCUT2D eigenvalue weighted by Crippen LogP contribution is -2.34. The van der Waals surface area contributed by atoms with E-state index in [9.17, 15) is 13.2 Å². The molecule has 88 valence electrons. The molecule has 0 N–H and O–H groups in total. The normalized spacial score (nSPS) is 25.2. The summed E-state index contributed by atoms with van der Waals surface area (Å²) in [6.45, 7) is 0. The molecule has 16 heavy (non-hydrogen) atoms. The van der Waals surface area contributed by atoms with Gasteiger partial charge in [0.15, 0.2) is 0 Å². The van der Waals surface area contributed by atoms with Gasteiger partial charge in [-0.1, -0.05) is 28.1 Å². The second-order valence-electron chi connectivity index (χ2n) is 3.91. The van der Waals surface area contributed by atoms with E-state index in [2.05, 4.69) is 20.7 Å². The number of hydrogen-bond acceptors (Lipinski definition) is 1. The lowest BCUT2D eigenvalue weighted by atomic mass is 9.77. The molecule has 0 saturated heterocycles. The molecule has 1 fully saturated rings. The lowest BCUT2D eigenvalue weighted by molar-refractivity contribution is -0.351. The number of rotatable bonds is 2. The molecule has 0 aliphatic heterocycles. The van der Waals surface area contributed by atoms with Crippen molar-refractivity contribution in [1.82, 2.24) is 0 Å². The van der Waals surface area contributed by atoms with Gasteiger partial charge in [-0.15, -0.1) is 13.2 Å². The first-order chi connectivity index (χ1) is 7.44. The second kappa shape index (κ2) is 4.37. The zero-order valence-corrected chi connectivity index (χ0v) is 9.88. The van der Waals surface area contributed by atoms with Crippen LogP contribution in [0.1, 0.15) is 24.3 Å². The molecule has 5 heteroatoms. The fourth-order valence-electron chi connectivity index (χ4n) is 1.86. The molecule has 1 nitrogen and oxygen atoms in total. The molecule has 0 unspecified atom stereocenters. The number of benzene rings is 1. The van der Waals surface area contributed by atoms with Crippen LogP contribution in [0, 0.1) is 0 Å². The highest BCUT2D eigenvalue weighted by Crippen LogP contribution is 2.41. The largest absolute Gasteiger partial charge is 0.522 e. The van der Waals surface area contributed by atoms with Gasteiger partial charge < -0.3 is 0 Å². The van der Waals surface area contributed by atoms with E-state index in [1.54, 1.807) is 0 Å². The molecule has 0 spiro atoms. The van der Waals surface area contributed by atoms with Crippen molar-refractivity contribution in [3.63, 3.8) is 0 Å². The Balaban J connectivity index is 1.86. The van der Waals surface area contributed by atoms with Crippen molar-refractivity contribution < 1.29 is 17.9 Å². The van der Waals surface area contributed by atoms with Gasteiger partial charge in [-0.05, 0) is 36.5 Å². The molecule has 2 rings (SSSR count). The van der Waals surface area contributed by atoms with Crippen LogP contribution in [-0.2, 0) is 4.74 Å². The maximum atomic E-state index is 11.9. The fraction of sp³-hybridized carbons (Fsp3) is 0.455. The van der Waals surface area contributed by atoms with Crippen molar-refractivity contribution in [1.29, 1.82) is 0 Å². The van der Waals surface area contributed by atoms with Gasteiger partial charge in [0.2, 0.25) is 0 Å². The third-order valence-electron chi connectivity index (χ3n) is 2.74. The SMILES string of the molecule is FC(F)(F)OC1CC(c2ccc(Br)cc2)C1. The first-order valence-electron chi connectivity index (χ1n) is 4.94. The minimum Gasteiger partial charge on any atom is -0.289 e. The minimum atomic E-state index is -4.50. The Morgan fingerprint density at radius 3 is 2.19 bits per heavy atom. The average molecular weight is 295 g/mol. The fourth-order valence-corrected chi connectivity index (χ4v) is 2.12. The van der Waals surface area contributed by atoms with Gasteiger partial charge in [-0.25, -0.2) is 0 Å². The van der Waals surface area contributed by atoms with Gasteiger partial charge in [0.1, 0.15) is 0 Å². The van der Waals surface area contributed by atoms with Gasteiger partial charge >= 0.3 is 6.36 Å². The summed E-state index contributed by atoms with van der Waals surface area (Å²) in [5.74, 6) is 0.195. The molecule has 0 aromatic heterocycles. The first kappa shape index (κ1) is 11.9. The van der Waals surface area contributed by atoms with E-state index in [4.69, 9.17) is 0 Å². The highest BCUT2D eigenvalue weighted by atomic mass is 79.9. The molecule has 0 atom stereocenters. The molecule has 0 radical (unpaired) electrons. The lowest BCUT2D eigenvalue weighted by Gasteiger charge is -2.35. The summed E-state index contributed by atoms with van der Waals surface area (Å²) in [5, 5.41) is 0. The summed E-state index contributed by atoms with van der Waals surface area (Å²) in [7, 11) is 0. The van der Waals surface area contributed by atoms with Crippen molar-refractivity contribution >= 4 is 15.9 Å². The number of hydrogen-bond donors (Lipinski definition) is 0. The maximum absolute atomic E-state index is 11.9. The Morgan fingerprint density at radius 2 is 1.69 bits per heavy atom. The van der Waals surface area contributed by atoms with E-state index < -0.39 is 12.5 Å². The minimum absolute atomic E-state index is 0.195. The van der Waals surface area contributed by atoms with Gasteiger partial charge in [-0.3, -0.25) is 4.74 Å². The molecular weight excluding hydrogens is 285 g/mol. The van der Waals surface area contributed by atoms with Crippen LogP contribution in [0.15, 0.2) is 28.7 Å². The summed E-state index contributed by atoms with van der Waals surface area (Å²) in [6, 6.07) is 7.65. The van der Waals surface area contributed by atoms with E-state index in [1.807, 2.05) is 24.3 Å². The van der Waals surface area contributed by atoms with E-state index >= 15 is 0 Å². The average Bonchev–Trinajstić information content (AvgIpc) is 2.11. The first-order valence-corrected chi connectivity index (χ1v) is 5.73. The number of alkyl halides is 3. The number of ether oxygens (including phenoxy) is 1. The van der Waals surface area contributed by atoms with Crippen molar-refractivity contribution in [3.05, 3.63) is 34.3 Å². The summed E-state index contributed by atoms with van der Waals surface area (Å²) in [5.41, 5.74) is 1.07. The molecule has 0 heterocycles. The third kappa shape index (κ3) is 2.98. The van der Waals surface area contributed by atoms with Gasteiger partial charge in [0.25, 0.3) is 0 Å². The maximum Gasteiger partial charge on any atom is 0.522 e. The van der Waals surface area contributed by atoms with Crippen LogP contribution in [0.4, 0.5) is 13.2 Å². The Morgan fingerprint density at radius 1 is 1.12 bits per heavy atom. The number of halogens is 4. The quantitative estimate of drug-likeness (QED) is 0.793. The molecule has 1 aliphatic carbocycles. The van der Waals surface area contributed by atoms with Crippen LogP contribution in [0.2, 0.25) is 0 Å².